The summed E-state index contributed by atoms with van der Waals surface area (Å²) in [6, 6.07) is 7.17. The standard InChI is InChI=1S/C19H19ClFN3/c20-18-17-14(9-13-5-4-6-15(21)10-13)11-24(19(17)23-12-22-18)16-7-2-1-3-8-16/h4-6,10-12,16H,1-3,7-9H2. The number of benzene rings is 1. The van der Waals surface area contributed by atoms with Gasteiger partial charge in [-0.3, -0.25) is 0 Å². The van der Waals surface area contributed by atoms with Gasteiger partial charge in [0.05, 0.1) is 5.39 Å². The summed E-state index contributed by atoms with van der Waals surface area (Å²) in [5.41, 5.74) is 2.89. The van der Waals surface area contributed by atoms with Crippen molar-refractivity contribution in [2.45, 2.75) is 44.6 Å². The van der Waals surface area contributed by atoms with E-state index in [-0.39, 0.29) is 5.82 Å². The predicted octanol–water partition coefficient (Wildman–Crippen LogP) is 5.32. The normalized spacial score (nSPS) is 15.9. The summed E-state index contributed by atoms with van der Waals surface area (Å²) in [7, 11) is 0. The van der Waals surface area contributed by atoms with E-state index in [2.05, 4.69) is 20.7 Å². The molecule has 0 radical (unpaired) electrons. The van der Waals surface area contributed by atoms with Crippen LogP contribution in [-0.2, 0) is 6.42 Å². The first-order valence-electron chi connectivity index (χ1n) is 8.47. The molecule has 2 aromatic heterocycles. The molecule has 0 bridgehead atoms. The first kappa shape index (κ1) is 15.6. The smallest absolute Gasteiger partial charge is 0.145 e. The lowest BCUT2D eigenvalue weighted by molar-refractivity contribution is 0.359. The zero-order chi connectivity index (χ0) is 16.5. The summed E-state index contributed by atoms with van der Waals surface area (Å²) in [4.78, 5) is 8.64. The molecule has 124 valence electrons. The summed E-state index contributed by atoms with van der Waals surface area (Å²) in [6.07, 6.45) is 10.4. The Kier molecular flexibility index (Phi) is 4.23. The molecule has 0 unspecified atom stereocenters. The van der Waals surface area contributed by atoms with E-state index in [1.165, 1.54) is 44.5 Å². The maximum absolute atomic E-state index is 13.5. The van der Waals surface area contributed by atoms with Crippen molar-refractivity contribution in [1.29, 1.82) is 0 Å². The molecule has 1 aliphatic rings. The van der Waals surface area contributed by atoms with E-state index < -0.39 is 0 Å². The van der Waals surface area contributed by atoms with Gasteiger partial charge >= 0.3 is 0 Å². The monoisotopic (exact) mass is 343 g/mol. The van der Waals surface area contributed by atoms with Crippen molar-refractivity contribution < 1.29 is 4.39 Å². The van der Waals surface area contributed by atoms with Crippen LogP contribution < -0.4 is 0 Å². The molecular formula is C19H19ClFN3. The van der Waals surface area contributed by atoms with Crippen molar-refractivity contribution in [2.24, 2.45) is 0 Å². The molecule has 3 nitrogen and oxygen atoms in total. The van der Waals surface area contributed by atoms with E-state index >= 15 is 0 Å². The maximum atomic E-state index is 13.5. The number of fused-ring (bicyclic) bond motifs is 1. The Hall–Kier alpha value is -1.94. The van der Waals surface area contributed by atoms with Gasteiger partial charge in [0.2, 0.25) is 0 Å². The molecule has 0 N–H and O–H groups in total. The van der Waals surface area contributed by atoms with Gasteiger partial charge in [0.15, 0.2) is 0 Å². The van der Waals surface area contributed by atoms with Crippen LogP contribution in [0.5, 0.6) is 0 Å². The summed E-state index contributed by atoms with van der Waals surface area (Å²) in [6.45, 7) is 0. The fourth-order valence-corrected chi connectivity index (χ4v) is 4.01. The summed E-state index contributed by atoms with van der Waals surface area (Å²) in [5, 5.41) is 1.37. The molecule has 0 spiro atoms. The van der Waals surface area contributed by atoms with Crippen LogP contribution in [0.1, 0.15) is 49.3 Å². The Morgan fingerprint density at radius 2 is 2.00 bits per heavy atom. The van der Waals surface area contributed by atoms with Crippen molar-refractivity contribution in [2.75, 3.05) is 0 Å². The van der Waals surface area contributed by atoms with Gasteiger partial charge in [-0.15, -0.1) is 0 Å². The van der Waals surface area contributed by atoms with Gasteiger partial charge < -0.3 is 4.57 Å². The summed E-state index contributed by atoms with van der Waals surface area (Å²) in [5.74, 6) is -0.217. The Morgan fingerprint density at radius 1 is 1.17 bits per heavy atom. The molecule has 1 saturated carbocycles. The van der Waals surface area contributed by atoms with Crippen molar-refractivity contribution >= 4 is 22.6 Å². The number of hydrogen-bond donors (Lipinski definition) is 0. The Bertz CT molecular complexity index is 868. The van der Waals surface area contributed by atoms with E-state index in [4.69, 9.17) is 11.6 Å². The second kappa shape index (κ2) is 6.52. The van der Waals surface area contributed by atoms with Crippen molar-refractivity contribution in [1.82, 2.24) is 14.5 Å². The van der Waals surface area contributed by atoms with Crippen LogP contribution in [0.4, 0.5) is 4.39 Å². The van der Waals surface area contributed by atoms with Crippen LogP contribution >= 0.6 is 11.6 Å². The minimum Gasteiger partial charge on any atom is -0.329 e. The van der Waals surface area contributed by atoms with E-state index in [0.29, 0.717) is 17.6 Å². The molecule has 0 amide bonds. The zero-order valence-corrected chi connectivity index (χ0v) is 14.1. The Balaban J connectivity index is 1.79. The SMILES string of the molecule is Fc1cccc(Cc2cn(C3CCCCC3)c3ncnc(Cl)c23)c1. The van der Waals surface area contributed by atoms with Crippen LogP contribution in [0.3, 0.4) is 0 Å². The van der Waals surface area contributed by atoms with Gasteiger partial charge in [-0.1, -0.05) is 43.0 Å². The number of nitrogens with zero attached hydrogens (tertiary/aromatic N) is 3. The van der Waals surface area contributed by atoms with Gasteiger partial charge in [-0.25, -0.2) is 14.4 Å². The van der Waals surface area contributed by atoms with E-state index in [0.717, 1.165) is 22.2 Å². The molecule has 1 aliphatic carbocycles. The van der Waals surface area contributed by atoms with Crippen LogP contribution in [-0.4, -0.2) is 14.5 Å². The van der Waals surface area contributed by atoms with Gasteiger partial charge in [-0.05, 0) is 42.5 Å². The third kappa shape index (κ3) is 2.91. The van der Waals surface area contributed by atoms with E-state index in [1.807, 2.05) is 6.07 Å². The lowest BCUT2D eigenvalue weighted by Crippen LogP contribution is -2.12. The molecule has 4 rings (SSSR count). The second-order valence-electron chi connectivity index (χ2n) is 6.52. The molecule has 5 heteroatoms. The highest BCUT2D eigenvalue weighted by Gasteiger charge is 2.21. The fourth-order valence-electron chi connectivity index (χ4n) is 3.76. The van der Waals surface area contributed by atoms with Crippen LogP contribution in [0.15, 0.2) is 36.8 Å². The van der Waals surface area contributed by atoms with Gasteiger partial charge in [0.25, 0.3) is 0 Å². The van der Waals surface area contributed by atoms with Crippen molar-refractivity contribution in [3.63, 3.8) is 0 Å². The van der Waals surface area contributed by atoms with Crippen molar-refractivity contribution in [3.05, 3.63) is 58.9 Å². The third-order valence-electron chi connectivity index (χ3n) is 4.89. The molecule has 1 fully saturated rings. The topological polar surface area (TPSA) is 30.7 Å². The maximum Gasteiger partial charge on any atom is 0.145 e. The fraction of sp³-hybridized carbons (Fsp3) is 0.368. The molecular weight excluding hydrogens is 325 g/mol. The van der Waals surface area contributed by atoms with Gasteiger partial charge in [0.1, 0.15) is 22.9 Å². The largest absolute Gasteiger partial charge is 0.329 e. The molecule has 1 aromatic carbocycles. The predicted molar refractivity (Wildman–Crippen MR) is 93.9 cm³/mol. The van der Waals surface area contributed by atoms with Crippen LogP contribution in [0.2, 0.25) is 5.15 Å². The van der Waals surface area contributed by atoms with Crippen LogP contribution in [0.25, 0.3) is 11.0 Å². The molecule has 0 saturated heterocycles. The lowest BCUT2D eigenvalue weighted by atomic mass is 9.95. The molecule has 3 aromatic rings. The quantitative estimate of drug-likeness (QED) is 0.602. The highest BCUT2D eigenvalue weighted by atomic mass is 35.5. The second-order valence-corrected chi connectivity index (χ2v) is 6.88. The average Bonchev–Trinajstić information content (AvgIpc) is 2.96. The van der Waals surface area contributed by atoms with Gasteiger partial charge in [-0.2, -0.15) is 0 Å². The van der Waals surface area contributed by atoms with Crippen LogP contribution in [0, 0.1) is 5.82 Å². The van der Waals surface area contributed by atoms with Crippen molar-refractivity contribution in [3.8, 4) is 0 Å². The number of rotatable bonds is 3. The molecule has 0 atom stereocenters. The van der Waals surface area contributed by atoms with Gasteiger partial charge in [0, 0.05) is 12.2 Å². The lowest BCUT2D eigenvalue weighted by Gasteiger charge is -2.23. The highest BCUT2D eigenvalue weighted by Crippen LogP contribution is 2.35. The Labute approximate surface area is 145 Å². The molecule has 24 heavy (non-hydrogen) atoms. The number of halogens is 2. The molecule has 0 aliphatic heterocycles. The highest BCUT2D eigenvalue weighted by molar-refractivity contribution is 6.34. The number of hydrogen-bond acceptors (Lipinski definition) is 2. The first-order valence-corrected chi connectivity index (χ1v) is 8.84. The molecule has 2 heterocycles. The summed E-state index contributed by atoms with van der Waals surface area (Å²) >= 11 is 6.37. The Morgan fingerprint density at radius 3 is 2.79 bits per heavy atom. The zero-order valence-electron chi connectivity index (χ0n) is 13.4. The van der Waals surface area contributed by atoms with E-state index in [9.17, 15) is 4.39 Å². The minimum absolute atomic E-state index is 0.217. The van der Waals surface area contributed by atoms with E-state index in [1.54, 1.807) is 12.1 Å². The summed E-state index contributed by atoms with van der Waals surface area (Å²) < 4.78 is 15.8. The number of aromatic nitrogens is 3. The third-order valence-corrected chi connectivity index (χ3v) is 5.18. The minimum atomic E-state index is -0.217. The average molecular weight is 344 g/mol. The first-order chi connectivity index (χ1) is 11.7.